The molecule has 0 radical (unpaired) electrons. The lowest BCUT2D eigenvalue weighted by molar-refractivity contribution is -0.385. The van der Waals surface area contributed by atoms with Gasteiger partial charge < -0.3 is 14.6 Å². The zero-order valence-electron chi connectivity index (χ0n) is 12.6. The van der Waals surface area contributed by atoms with Crippen LogP contribution in [0.15, 0.2) is 53.1 Å². The first-order valence-corrected chi connectivity index (χ1v) is 7.05. The third kappa shape index (κ3) is 2.22. The van der Waals surface area contributed by atoms with E-state index in [4.69, 9.17) is 4.42 Å². The molecule has 7 nitrogen and oxygen atoms in total. The van der Waals surface area contributed by atoms with Crippen LogP contribution in [0.1, 0.15) is 12.5 Å². The fourth-order valence-corrected chi connectivity index (χ4v) is 2.77. The lowest BCUT2D eigenvalue weighted by atomic mass is 9.95. The lowest BCUT2D eigenvalue weighted by Crippen LogP contribution is -2.32. The Morgan fingerprint density at radius 3 is 2.46 bits per heavy atom. The molecule has 2 aliphatic rings. The number of benzene rings is 1. The lowest BCUT2D eigenvalue weighted by Gasteiger charge is -2.17. The van der Waals surface area contributed by atoms with Crippen LogP contribution in [0, 0.1) is 10.1 Å². The number of carboxylic acid groups (broad SMARTS) is 1. The number of carboxylic acids is 1. The van der Waals surface area contributed by atoms with Crippen LogP contribution >= 0.6 is 0 Å². The van der Waals surface area contributed by atoms with Gasteiger partial charge in [-0.2, -0.15) is 0 Å². The van der Waals surface area contributed by atoms with Gasteiger partial charge in [-0.1, -0.05) is 30.3 Å². The minimum absolute atomic E-state index is 0.0181. The van der Waals surface area contributed by atoms with Gasteiger partial charge in [0.2, 0.25) is 0 Å². The van der Waals surface area contributed by atoms with E-state index in [-0.39, 0.29) is 16.9 Å². The van der Waals surface area contributed by atoms with E-state index in [1.165, 1.54) is 6.26 Å². The maximum absolute atomic E-state index is 11.7. The van der Waals surface area contributed by atoms with Gasteiger partial charge >= 0.3 is 5.97 Å². The summed E-state index contributed by atoms with van der Waals surface area (Å²) in [5, 5.41) is 31.4. The minimum atomic E-state index is -2.47. The van der Waals surface area contributed by atoms with Crippen molar-refractivity contribution in [3.8, 4) is 22.5 Å². The van der Waals surface area contributed by atoms with Gasteiger partial charge in [0.25, 0.3) is 5.69 Å². The van der Waals surface area contributed by atoms with Crippen molar-refractivity contribution < 1.29 is 24.3 Å². The van der Waals surface area contributed by atoms with Gasteiger partial charge in [-0.05, 0) is 24.6 Å². The summed E-state index contributed by atoms with van der Waals surface area (Å²) in [6.45, 7) is 0.994. The van der Waals surface area contributed by atoms with Crippen molar-refractivity contribution in [1.82, 2.24) is 0 Å². The Morgan fingerprint density at radius 1 is 1.21 bits per heavy atom. The highest BCUT2D eigenvalue weighted by atomic mass is 16.6. The van der Waals surface area contributed by atoms with Gasteiger partial charge in [-0.3, -0.25) is 10.1 Å². The Bertz CT molecular complexity index is 897. The second-order valence-corrected chi connectivity index (χ2v) is 5.45. The Hall–Kier alpha value is -3.19. The van der Waals surface area contributed by atoms with Crippen LogP contribution in [0.5, 0.6) is 0 Å². The Balaban J connectivity index is 2.48. The van der Waals surface area contributed by atoms with E-state index in [9.17, 15) is 25.1 Å². The number of hydrogen-bond acceptors (Lipinski definition) is 5. The molecule has 1 unspecified atom stereocenters. The molecule has 3 rings (SSSR count). The summed E-state index contributed by atoms with van der Waals surface area (Å²) >= 11 is 0. The van der Waals surface area contributed by atoms with E-state index in [1.807, 2.05) is 0 Å². The van der Waals surface area contributed by atoms with Crippen molar-refractivity contribution in [2.24, 2.45) is 0 Å². The molecule has 1 aliphatic carbocycles. The summed E-state index contributed by atoms with van der Waals surface area (Å²) in [6, 6.07) is 11.7. The third-order valence-corrected chi connectivity index (χ3v) is 3.89. The van der Waals surface area contributed by atoms with Crippen molar-refractivity contribution >= 4 is 11.7 Å². The number of carbonyl (C=O) groups is 1. The predicted molar refractivity (Wildman–Crippen MR) is 84.6 cm³/mol. The second kappa shape index (κ2) is 5.47. The molecule has 0 bridgehead atoms. The number of nitrogens with zero attached hydrogens (tertiary/aromatic N) is 1. The number of fused-ring (bicyclic) bond motifs is 1. The molecular weight excluding hydrogens is 314 g/mol. The van der Waals surface area contributed by atoms with E-state index < -0.39 is 22.2 Å². The normalized spacial score (nSPS) is 13.6. The highest BCUT2D eigenvalue weighted by Gasteiger charge is 2.47. The molecule has 1 aromatic rings. The number of nitro groups is 1. The Labute approximate surface area is 136 Å². The molecule has 122 valence electrons. The molecule has 2 N–H and O–H groups in total. The zero-order valence-corrected chi connectivity index (χ0v) is 12.6. The molecule has 0 amide bonds. The quantitative estimate of drug-likeness (QED) is 0.561. The average Bonchev–Trinajstić information content (AvgIpc) is 2.91. The van der Waals surface area contributed by atoms with E-state index in [0.717, 1.165) is 6.92 Å². The molecule has 0 saturated carbocycles. The van der Waals surface area contributed by atoms with Gasteiger partial charge in [0.1, 0.15) is 11.3 Å². The second-order valence-electron chi connectivity index (χ2n) is 5.45. The number of rotatable bonds is 4. The molecule has 1 atom stereocenters. The highest BCUT2D eigenvalue weighted by Crippen LogP contribution is 2.51. The van der Waals surface area contributed by atoms with Crippen LogP contribution in [-0.2, 0) is 10.4 Å². The van der Waals surface area contributed by atoms with E-state index in [0.29, 0.717) is 11.1 Å². The molecular formula is C17H13NO6. The first-order valence-electron chi connectivity index (χ1n) is 7.05. The van der Waals surface area contributed by atoms with Gasteiger partial charge in [0.15, 0.2) is 5.60 Å². The van der Waals surface area contributed by atoms with Crippen molar-refractivity contribution in [3.63, 3.8) is 0 Å². The smallest absolute Gasteiger partial charge is 0.340 e. The molecule has 0 aromatic heterocycles. The molecule has 1 heterocycles. The number of aliphatic hydroxyl groups is 1. The van der Waals surface area contributed by atoms with Crippen LogP contribution in [-0.4, -0.2) is 21.1 Å². The Morgan fingerprint density at radius 2 is 1.88 bits per heavy atom. The van der Waals surface area contributed by atoms with Crippen molar-refractivity contribution in [2.45, 2.75) is 12.5 Å². The average molecular weight is 327 g/mol. The maximum Gasteiger partial charge on any atom is 0.340 e. The summed E-state index contributed by atoms with van der Waals surface area (Å²) in [6.07, 6.45) is 1.28. The van der Waals surface area contributed by atoms with Crippen LogP contribution in [0.3, 0.4) is 0 Å². The molecule has 24 heavy (non-hydrogen) atoms. The van der Waals surface area contributed by atoms with Crippen LogP contribution in [0.25, 0.3) is 22.5 Å². The molecule has 1 aliphatic heterocycles. The van der Waals surface area contributed by atoms with Crippen LogP contribution < -0.4 is 0 Å². The van der Waals surface area contributed by atoms with E-state index in [1.54, 1.807) is 42.5 Å². The third-order valence-electron chi connectivity index (χ3n) is 3.89. The van der Waals surface area contributed by atoms with Gasteiger partial charge in [-0.15, -0.1) is 0 Å². The summed E-state index contributed by atoms with van der Waals surface area (Å²) in [4.78, 5) is 22.5. The maximum atomic E-state index is 11.7. The summed E-state index contributed by atoms with van der Waals surface area (Å²) in [7, 11) is 0. The largest absolute Gasteiger partial charge is 0.479 e. The van der Waals surface area contributed by atoms with Gasteiger partial charge in [0, 0.05) is 5.56 Å². The topological polar surface area (TPSA) is 114 Å². The monoisotopic (exact) mass is 327 g/mol. The van der Waals surface area contributed by atoms with Crippen molar-refractivity contribution in [1.29, 1.82) is 0 Å². The number of hydrogen-bond donors (Lipinski definition) is 2. The van der Waals surface area contributed by atoms with Crippen molar-refractivity contribution in [2.75, 3.05) is 0 Å². The molecule has 1 aromatic carbocycles. The molecule has 0 spiro atoms. The first kappa shape index (κ1) is 15.7. The van der Waals surface area contributed by atoms with E-state index in [2.05, 4.69) is 0 Å². The minimum Gasteiger partial charge on any atom is -0.479 e. The van der Waals surface area contributed by atoms with Crippen LogP contribution in [0.4, 0.5) is 5.69 Å². The summed E-state index contributed by atoms with van der Waals surface area (Å²) < 4.78 is 5.34. The first-order chi connectivity index (χ1) is 11.4. The predicted octanol–water partition coefficient (Wildman–Crippen LogP) is 3.25. The fraction of sp³-hybridized carbons (Fsp3) is 0.118. The highest BCUT2D eigenvalue weighted by molar-refractivity contribution is 5.99. The summed E-state index contributed by atoms with van der Waals surface area (Å²) in [5.74, 6) is -1.62. The molecule has 0 saturated heterocycles. The van der Waals surface area contributed by atoms with E-state index >= 15 is 0 Å². The molecule has 0 fully saturated rings. The number of aliphatic carboxylic acids is 1. The fourth-order valence-electron chi connectivity index (χ4n) is 2.77. The standard InChI is InChI=1S/C17H13NO6/c1-17(21,16(19)20)13-14(18(22)23)12(10-6-3-2-4-7-10)11-8-5-9-24-15(11)13/h2-9,21H,1H3,(H,19,20). The summed E-state index contributed by atoms with van der Waals surface area (Å²) in [5.41, 5.74) is -2.20. The van der Waals surface area contributed by atoms with Crippen LogP contribution in [0.2, 0.25) is 0 Å². The van der Waals surface area contributed by atoms with Gasteiger partial charge in [-0.25, -0.2) is 4.79 Å². The SMILES string of the molecule is CC(O)(C(=O)O)c1c2occcc-2c(-c2ccccc2)c1[N+](=O)[O-]. The zero-order chi connectivity index (χ0) is 17.5. The van der Waals surface area contributed by atoms with Gasteiger partial charge in [0.05, 0.1) is 16.7 Å². The molecule has 7 heteroatoms. The van der Waals surface area contributed by atoms with Crippen molar-refractivity contribution in [3.05, 3.63) is 64.4 Å². The Kier molecular flexibility index (Phi) is 3.57.